The van der Waals surface area contributed by atoms with Crippen molar-refractivity contribution in [2.75, 3.05) is 11.5 Å². The molecule has 2 aliphatic rings. The van der Waals surface area contributed by atoms with Gasteiger partial charge >= 0.3 is 0 Å². The summed E-state index contributed by atoms with van der Waals surface area (Å²) in [5.41, 5.74) is 6.46. The van der Waals surface area contributed by atoms with Gasteiger partial charge in [0, 0.05) is 6.04 Å². The summed E-state index contributed by atoms with van der Waals surface area (Å²) < 4.78 is 0. The van der Waals surface area contributed by atoms with Crippen molar-refractivity contribution in [1.82, 2.24) is 0 Å². The molecule has 2 rings (SSSR count). The maximum atomic E-state index is 6.46. The predicted molar refractivity (Wildman–Crippen MR) is 69.1 cm³/mol. The third-order valence-electron chi connectivity index (χ3n) is 4.27. The molecule has 0 aromatic rings. The first kappa shape index (κ1) is 11.8. The lowest BCUT2D eigenvalue weighted by atomic mass is 9.71. The summed E-state index contributed by atoms with van der Waals surface area (Å²) in [5.74, 6) is 6.10. The van der Waals surface area contributed by atoms with E-state index in [1.807, 2.05) is 0 Å². The molecule has 0 bridgehead atoms. The quantitative estimate of drug-likeness (QED) is 0.784. The molecule has 1 nitrogen and oxygen atoms in total. The molecule has 15 heavy (non-hydrogen) atoms. The number of rotatable bonds is 2. The fourth-order valence-corrected chi connectivity index (χ4v) is 4.89. The van der Waals surface area contributed by atoms with Gasteiger partial charge in [-0.3, -0.25) is 0 Å². The first-order valence-electron chi connectivity index (χ1n) is 6.50. The molecule has 1 saturated heterocycles. The summed E-state index contributed by atoms with van der Waals surface area (Å²) in [6.45, 7) is 4.80. The molecule has 0 aromatic carbocycles. The zero-order valence-electron chi connectivity index (χ0n) is 10.1. The predicted octanol–water partition coefficient (Wildman–Crippen LogP) is 3.14. The third kappa shape index (κ3) is 2.91. The maximum Gasteiger partial charge on any atom is 0.0104 e. The van der Waals surface area contributed by atoms with Crippen molar-refractivity contribution >= 4 is 11.8 Å². The van der Waals surface area contributed by atoms with Crippen molar-refractivity contribution in [1.29, 1.82) is 0 Å². The fourth-order valence-electron chi connectivity index (χ4n) is 3.56. The summed E-state index contributed by atoms with van der Waals surface area (Å²) in [5, 5.41) is 0. The SMILES string of the molecule is CC1CC(C)CC(C(N)C2CCSC2)C1. The van der Waals surface area contributed by atoms with E-state index in [-0.39, 0.29) is 0 Å². The molecule has 1 saturated carbocycles. The minimum Gasteiger partial charge on any atom is -0.327 e. The first-order valence-corrected chi connectivity index (χ1v) is 7.65. The van der Waals surface area contributed by atoms with E-state index in [2.05, 4.69) is 25.6 Å². The molecule has 1 aliphatic carbocycles. The Labute approximate surface area is 98.6 Å². The number of hydrogen-bond donors (Lipinski definition) is 1. The highest BCUT2D eigenvalue weighted by Gasteiger charge is 2.33. The summed E-state index contributed by atoms with van der Waals surface area (Å²) in [6, 6.07) is 0.491. The molecular formula is C13H25NS. The summed E-state index contributed by atoms with van der Waals surface area (Å²) in [7, 11) is 0. The molecule has 4 atom stereocenters. The largest absolute Gasteiger partial charge is 0.327 e. The Kier molecular flexibility index (Phi) is 4.00. The standard InChI is InChI=1S/C13H25NS/c1-9-5-10(2)7-12(6-9)13(14)11-3-4-15-8-11/h9-13H,3-8,14H2,1-2H3. The van der Waals surface area contributed by atoms with Crippen LogP contribution >= 0.6 is 11.8 Å². The van der Waals surface area contributed by atoms with Crippen LogP contribution in [0.4, 0.5) is 0 Å². The highest BCUT2D eigenvalue weighted by atomic mass is 32.2. The zero-order chi connectivity index (χ0) is 10.8. The smallest absolute Gasteiger partial charge is 0.0104 e. The summed E-state index contributed by atoms with van der Waals surface area (Å²) in [6.07, 6.45) is 5.55. The molecule has 0 spiro atoms. The molecule has 0 aromatic heterocycles. The molecule has 2 N–H and O–H groups in total. The Hall–Kier alpha value is 0.310. The first-order chi connectivity index (χ1) is 7.16. The van der Waals surface area contributed by atoms with Gasteiger partial charge in [0.2, 0.25) is 0 Å². The van der Waals surface area contributed by atoms with Gasteiger partial charge in [0.1, 0.15) is 0 Å². The lowest BCUT2D eigenvalue weighted by Gasteiger charge is -2.37. The molecule has 1 heterocycles. The molecule has 88 valence electrons. The van der Waals surface area contributed by atoms with Crippen LogP contribution in [0, 0.1) is 23.7 Å². The van der Waals surface area contributed by atoms with Crippen LogP contribution in [0.15, 0.2) is 0 Å². The van der Waals surface area contributed by atoms with E-state index in [0.717, 1.165) is 23.7 Å². The molecule has 4 unspecified atom stereocenters. The Balaban J connectivity index is 1.90. The summed E-state index contributed by atoms with van der Waals surface area (Å²) >= 11 is 2.10. The number of thioether (sulfide) groups is 1. The Bertz CT molecular complexity index is 191. The highest BCUT2D eigenvalue weighted by Crippen LogP contribution is 2.38. The van der Waals surface area contributed by atoms with Crippen molar-refractivity contribution < 1.29 is 0 Å². The molecule has 2 fully saturated rings. The average Bonchev–Trinajstić information content (AvgIpc) is 2.67. The second kappa shape index (κ2) is 5.09. The summed E-state index contributed by atoms with van der Waals surface area (Å²) in [4.78, 5) is 0. The molecule has 0 amide bonds. The van der Waals surface area contributed by atoms with Crippen LogP contribution in [0.3, 0.4) is 0 Å². The van der Waals surface area contributed by atoms with Crippen LogP contribution in [0.2, 0.25) is 0 Å². The molecule has 1 aliphatic heterocycles. The van der Waals surface area contributed by atoms with Gasteiger partial charge < -0.3 is 5.73 Å². The van der Waals surface area contributed by atoms with Gasteiger partial charge in [-0.05, 0) is 60.9 Å². The van der Waals surface area contributed by atoms with E-state index < -0.39 is 0 Å². The van der Waals surface area contributed by atoms with Gasteiger partial charge in [-0.1, -0.05) is 13.8 Å². The van der Waals surface area contributed by atoms with Crippen LogP contribution in [0.5, 0.6) is 0 Å². The fraction of sp³-hybridized carbons (Fsp3) is 1.00. The Morgan fingerprint density at radius 2 is 1.73 bits per heavy atom. The highest BCUT2D eigenvalue weighted by molar-refractivity contribution is 7.99. The normalized spacial score (nSPS) is 44.2. The minimum absolute atomic E-state index is 0.491. The van der Waals surface area contributed by atoms with Gasteiger partial charge in [-0.2, -0.15) is 11.8 Å². The van der Waals surface area contributed by atoms with Gasteiger partial charge in [-0.15, -0.1) is 0 Å². The lowest BCUT2D eigenvalue weighted by molar-refractivity contribution is 0.170. The van der Waals surface area contributed by atoms with Crippen LogP contribution in [0.25, 0.3) is 0 Å². The second-order valence-corrected chi connectivity index (χ2v) is 7.03. The van der Waals surface area contributed by atoms with Crippen LogP contribution in [-0.2, 0) is 0 Å². The maximum absolute atomic E-state index is 6.46. The topological polar surface area (TPSA) is 26.0 Å². The van der Waals surface area contributed by atoms with Crippen LogP contribution in [0.1, 0.15) is 39.5 Å². The van der Waals surface area contributed by atoms with Gasteiger partial charge in [-0.25, -0.2) is 0 Å². The van der Waals surface area contributed by atoms with E-state index in [4.69, 9.17) is 5.73 Å². The van der Waals surface area contributed by atoms with Gasteiger partial charge in [0.05, 0.1) is 0 Å². The number of hydrogen-bond acceptors (Lipinski definition) is 2. The van der Waals surface area contributed by atoms with Crippen molar-refractivity contribution in [2.24, 2.45) is 29.4 Å². The Morgan fingerprint density at radius 1 is 1.07 bits per heavy atom. The van der Waals surface area contributed by atoms with Crippen molar-refractivity contribution in [3.05, 3.63) is 0 Å². The van der Waals surface area contributed by atoms with E-state index >= 15 is 0 Å². The van der Waals surface area contributed by atoms with Crippen LogP contribution < -0.4 is 5.73 Å². The third-order valence-corrected chi connectivity index (χ3v) is 5.46. The molecule has 0 radical (unpaired) electrons. The minimum atomic E-state index is 0.491. The second-order valence-electron chi connectivity index (χ2n) is 5.88. The Morgan fingerprint density at radius 3 is 2.27 bits per heavy atom. The van der Waals surface area contributed by atoms with E-state index in [9.17, 15) is 0 Å². The van der Waals surface area contributed by atoms with Crippen LogP contribution in [-0.4, -0.2) is 17.5 Å². The van der Waals surface area contributed by atoms with Crippen molar-refractivity contribution in [3.8, 4) is 0 Å². The van der Waals surface area contributed by atoms with Gasteiger partial charge in [0.25, 0.3) is 0 Å². The average molecular weight is 227 g/mol. The zero-order valence-corrected chi connectivity index (χ0v) is 10.9. The lowest BCUT2D eigenvalue weighted by Crippen LogP contribution is -2.41. The monoisotopic (exact) mass is 227 g/mol. The van der Waals surface area contributed by atoms with Gasteiger partial charge in [0.15, 0.2) is 0 Å². The van der Waals surface area contributed by atoms with E-state index in [0.29, 0.717) is 6.04 Å². The van der Waals surface area contributed by atoms with E-state index in [1.54, 1.807) is 0 Å². The van der Waals surface area contributed by atoms with Crippen molar-refractivity contribution in [2.45, 2.75) is 45.6 Å². The molecular weight excluding hydrogens is 202 g/mol. The van der Waals surface area contributed by atoms with E-state index in [1.165, 1.54) is 37.2 Å². The van der Waals surface area contributed by atoms with Crippen molar-refractivity contribution in [3.63, 3.8) is 0 Å². The molecule has 2 heteroatoms. The number of nitrogens with two attached hydrogens (primary N) is 1.